The van der Waals surface area contributed by atoms with Crippen LogP contribution in [-0.4, -0.2) is 38.6 Å². The third kappa shape index (κ3) is 4.57. The Kier molecular flexibility index (Phi) is 5.34. The minimum absolute atomic E-state index is 0.0263. The molecule has 0 radical (unpaired) electrons. The molecule has 0 saturated carbocycles. The van der Waals surface area contributed by atoms with Gasteiger partial charge in [0.05, 0.1) is 26.2 Å². The quantitative estimate of drug-likeness (QED) is 0.889. The lowest BCUT2D eigenvalue weighted by Gasteiger charge is -2.34. The highest BCUT2D eigenvalue weighted by Gasteiger charge is 2.23. The largest absolute Gasteiger partial charge is 0.360 e. The Morgan fingerprint density at radius 3 is 2.44 bits per heavy atom. The maximum atomic E-state index is 12.9. The lowest BCUT2D eigenvalue weighted by atomic mass is 10.1. The highest BCUT2D eigenvalue weighted by Crippen LogP contribution is 2.20. The van der Waals surface area contributed by atoms with Gasteiger partial charge >= 0.3 is 0 Å². The van der Waals surface area contributed by atoms with Crippen LogP contribution in [0.15, 0.2) is 42.5 Å². The summed E-state index contributed by atoms with van der Waals surface area (Å²) in [4.78, 5) is 15.8. The number of hydrogen-bond acceptors (Lipinski definition) is 2. The van der Waals surface area contributed by atoms with E-state index in [0.29, 0.717) is 12.2 Å². The molecule has 0 unspecified atom stereocenters. The van der Waals surface area contributed by atoms with Gasteiger partial charge in [0.25, 0.3) is 5.91 Å². The Morgan fingerprint density at radius 1 is 1.12 bits per heavy atom. The number of halogens is 1. The summed E-state index contributed by atoms with van der Waals surface area (Å²) in [5.74, 6) is -0.326. The van der Waals surface area contributed by atoms with Crippen LogP contribution < -0.4 is 15.1 Å². The molecule has 2 aromatic carbocycles. The van der Waals surface area contributed by atoms with Crippen LogP contribution in [0, 0.1) is 19.7 Å². The minimum Gasteiger partial charge on any atom is -0.360 e. The second-order valence-corrected chi connectivity index (χ2v) is 6.76. The summed E-state index contributed by atoms with van der Waals surface area (Å²) in [7, 11) is 0. The predicted molar refractivity (Wildman–Crippen MR) is 98.7 cm³/mol. The molecule has 0 spiro atoms. The van der Waals surface area contributed by atoms with Crippen LogP contribution in [0.4, 0.5) is 15.8 Å². The molecule has 0 bridgehead atoms. The Hall–Kier alpha value is -2.40. The second-order valence-electron chi connectivity index (χ2n) is 6.76. The van der Waals surface area contributed by atoms with Gasteiger partial charge in [0.1, 0.15) is 5.82 Å². The SMILES string of the molecule is Cc1ccc(N2CC[NH+](CC(=O)Nc3ccc(F)cc3)CC2)c(C)c1. The van der Waals surface area contributed by atoms with E-state index >= 15 is 0 Å². The van der Waals surface area contributed by atoms with Crippen LogP contribution in [0.3, 0.4) is 0 Å². The summed E-state index contributed by atoms with van der Waals surface area (Å²) in [6.45, 7) is 8.47. The number of piperazine rings is 1. The molecule has 1 amide bonds. The smallest absolute Gasteiger partial charge is 0.279 e. The molecule has 132 valence electrons. The summed E-state index contributed by atoms with van der Waals surface area (Å²) in [6.07, 6.45) is 0. The Bertz CT molecular complexity index is 737. The zero-order valence-corrected chi connectivity index (χ0v) is 14.8. The van der Waals surface area contributed by atoms with Crippen molar-refractivity contribution in [2.24, 2.45) is 0 Å². The maximum Gasteiger partial charge on any atom is 0.279 e. The summed E-state index contributed by atoms with van der Waals surface area (Å²) in [6, 6.07) is 12.4. The zero-order chi connectivity index (χ0) is 17.8. The van der Waals surface area contributed by atoms with Gasteiger partial charge in [0, 0.05) is 11.4 Å². The molecule has 0 aromatic heterocycles. The van der Waals surface area contributed by atoms with E-state index in [1.165, 1.54) is 33.8 Å². The molecule has 1 heterocycles. The second kappa shape index (κ2) is 7.66. The summed E-state index contributed by atoms with van der Waals surface area (Å²) in [5.41, 5.74) is 4.51. The van der Waals surface area contributed by atoms with E-state index in [4.69, 9.17) is 0 Å². The van der Waals surface area contributed by atoms with E-state index in [-0.39, 0.29) is 11.7 Å². The Balaban J connectivity index is 1.50. The van der Waals surface area contributed by atoms with Crippen LogP contribution in [0.25, 0.3) is 0 Å². The number of rotatable bonds is 4. The molecule has 25 heavy (non-hydrogen) atoms. The van der Waals surface area contributed by atoms with Gasteiger partial charge in [-0.2, -0.15) is 0 Å². The first-order chi connectivity index (χ1) is 12.0. The van der Waals surface area contributed by atoms with Gasteiger partial charge in [-0.05, 0) is 49.7 Å². The monoisotopic (exact) mass is 342 g/mol. The normalized spacial score (nSPS) is 15.2. The molecule has 2 N–H and O–H groups in total. The van der Waals surface area contributed by atoms with Crippen molar-refractivity contribution in [3.8, 4) is 0 Å². The summed E-state index contributed by atoms with van der Waals surface area (Å²) in [5, 5.41) is 2.83. The van der Waals surface area contributed by atoms with E-state index in [1.54, 1.807) is 12.1 Å². The first-order valence-electron chi connectivity index (χ1n) is 8.72. The molecule has 1 saturated heterocycles. The van der Waals surface area contributed by atoms with E-state index in [1.807, 2.05) is 0 Å². The van der Waals surface area contributed by atoms with Crippen molar-refractivity contribution >= 4 is 17.3 Å². The van der Waals surface area contributed by atoms with Crippen LogP contribution in [0.1, 0.15) is 11.1 Å². The molecule has 0 aliphatic carbocycles. The standard InChI is InChI=1S/C20H24FN3O/c1-15-3-8-19(16(2)13-15)24-11-9-23(10-12-24)14-20(25)22-18-6-4-17(21)5-7-18/h3-8,13H,9-12,14H2,1-2H3,(H,22,25)/p+1. The molecule has 3 rings (SSSR count). The minimum atomic E-state index is -0.300. The summed E-state index contributed by atoms with van der Waals surface area (Å²) >= 11 is 0. The number of aryl methyl sites for hydroxylation is 2. The number of carbonyl (C=O) groups excluding carboxylic acids is 1. The van der Waals surface area contributed by atoms with Crippen molar-refractivity contribution in [2.75, 3.05) is 42.9 Å². The topological polar surface area (TPSA) is 36.8 Å². The summed E-state index contributed by atoms with van der Waals surface area (Å²) < 4.78 is 12.9. The van der Waals surface area contributed by atoms with Gasteiger partial charge in [-0.25, -0.2) is 4.39 Å². The number of anilines is 2. The molecule has 5 heteroatoms. The fourth-order valence-electron chi connectivity index (χ4n) is 3.37. The van der Waals surface area contributed by atoms with Gasteiger partial charge < -0.3 is 15.1 Å². The average Bonchev–Trinajstić information content (AvgIpc) is 2.58. The maximum absolute atomic E-state index is 12.9. The number of benzene rings is 2. The number of quaternary nitrogens is 1. The highest BCUT2D eigenvalue weighted by atomic mass is 19.1. The van der Waals surface area contributed by atoms with Crippen molar-refractivity contribution < 1.29 is 14.1 Å². The van der Waals surface area contributed by atoms with Crippen molar-refractivity contribution in [2.45, 2.75) is 13.8 Å². The molecule has 1 aliphatic heterocycles. The van der Waals surface area contributed by atoms with Crippen LogP contribution in [-0.2, 0) is 4.79 Å². The number of carbonyl (C=O) groups is 1. The molecule has 0 atom stereocenters. The fraction of sp³-hybridized carbons (Fsp3) is 0.350. The zero-order valence-electron chi connectivity index (χ0n) is 14.8. The van der Waals surface area contributed by atoms with E-state index < -0.39 is 0 Å². The van der Waals surface area contributed by atoms with E-state index in [0.717, 1.165) is 26.2 Å². The molecule has 1 fully saturated rings. The van der Waals surface area contributed by atoms with Gasteiger partial charge in [-0.1, -0.05) is 17.7 Å². The van der Waals surface area contributed by atoms with Crippen molar-refractivity contribution in [3.63, 3.8) is 0 Å². The van der Waals surface area contributed by atoms with Gasteiger partial charge in [-0.3, -0.25) is 4.79 Å². The lowest BCUT2D eigenvalue weighted by molar-refractivity contribution is -0.892. The van der Waals surface area contributed by atoms with Crippen LogP contribution in [0.5, 0.6) is 0 Å². The van der Waals surface area contributed by atoms with Crippen molar-refractivity contribution in [1.29, 1.82) is 0 Å². The average molecular weight is 342 g/mol. The third-order valence-electron chi connectivity index (χ3n) is 4.70. The van der Waals surface area contributed by atoms with Gasteiger partial charge in [0.2, 0.25) is 0 Å². The number of amides is 1. The molecule has 1 aliphatic rings. The Labute approximate surface area is 148 Å². The van der Waals surface area contributed by atoms with E-state index in [9.17, 15) is 9.18 Å². The first kappa shape index (κ1) is 17.4. The molecular weight excluding hydrogens is 317 g/mol. The molecule has 2 aromatic rings. The van der Waals surface area contributed by atoms with Crippen molar-refractivity contribution in [1.82, 2.24) is 0 Å². The predicted octanol–water partition coefficient (Wildman–Crippen LogP) is 1.79. The number of hydrogen-bond donors (Lipinski definition) is 2. The number of nitrogens with zero attached hydrogens (tertiary/aromatic N) is 1. The van der Waals surface area contributed by atoms with Crippen LogP contribution in [0.2, 0.25) is 0 Å². The van der Waals surface area contributed by atoms with Gasteiger partial charge in [-0.15, -0.1) is 0 Å². The third-order valence-corrected chi connectivity index (χ3v) is 4.70. The molecule has 4 nitrogen and oxygen atoms in total. The van der Waals surface area contributed by atoms with Gasteiger partial charge in [0.15, 0.2) is 6.54 Å². The molecular formula is C20H25FN3O+. The highest BCUT2D eigenvalue weighted by molar-refractivity contribution is 5.91. The first-order valence-corrected chi connectivity index (χ1v) is 8.72. The van der Waals surface area contributed by atoms with Crippen molar-refractivity contribution in [3.05, 3.63) is 59.4 Å². The van der Waals surface area contributed by atoms with E-state index in [2.05, 4.69) is 42.3 Å². The van der Waals surface area contributed by atoms with Crippen LogP contribution >= 0.6 is 0 Å². The lowest BCUT2D eigenvalue weighted by Crippen LogP contribution is -3.15. The number of nitrogens with one attached hydrogen (secondary N) is 2. The Morgan fingerprint density at radius 2 is 1.80 bits per heavy atom. The fourth-order valence-corrected chi connectivity index (χ4v) is 3.37.